The van der Waals surface area contributed by atoms with Crippen molar-refractivity contribution in [1.82, 2.24) is 14.5 Å². The van der Waals surface area contributed by atoms with E-state index >= 15 is 0 Å². The second kappa shape index (κ2) is 3.68. The van der Waals surface area contributed by atoms with Crippen molar-refractivity contribution < 1.29 is 9.90 Å². The number of carboxylic acids is 1. The molecule has 5 nitrogen and oxygen atoms in total. The summed E-state index contributed by atoms with van der Waals surface area (Å²) in [5, 5.41) is 8.61. The monoisotopic (exact) mass is 205 g/mol. The topological polar surface area (TPSA) is 68.0 Å². The molecule has 2 aromatic heterocycles. The van der Waals surface area contributed by atoms with Crippen molar-refractivity contribution >= 4 is 17.1 Å². The summed E-state index contributed by atoms with van der Waals surface area (Å²) in [4.78, 5) is 18.9. The molecule has 5 heteroatoms. The fourth-order valence-corrected chi connectivity index (χ4v) is 1.52. The number of aliphatic carboxylic acids is 1. The van der Waals surface area contributed by atoms with E-state index in [2.05, 4.69) is 9.97 Å². The van der Waals surface area contributed by atoms with E-state index in [4.69, 9.17) is 5.11 Å². The SMILES string of the molecule is Cn1cnc2c(CCC(=O)O)ccnc21. The molecule has 0 radical (unpaired) electrons. The zero-order valence-corrected chi connectivity index (χ0v) is 8.34. The zero-order chi connectivity index (χ0) is 10.8. The molecule has 1 N–H and O–H groups in total. The van der Waals surface area contributed by atoms with Gasteiger partial charge in [-0.15, -0.1) is 0 Å². The lowest BCUT2D eigenvalue weighted by atomic mass is 10.1. The second-order valence-electron chi connectivity index (χ2n) is 3.39. The number of aromatic nitrogens is 3. The number of carboxylic acid groups (broad SMARTS) is 1. The molecule has 0 atom stereocenters. The summed E-state index contributed by atoms with van der Waals surface area (Å²) in [5.74, 6) is -0.795. The van der Waals surface area contributed by atoms with Crippen LogP contribution >= 0.6 is 0 Å². The lowest BCUT2D eigenvalue weighted by Gasteiger charge is -1.99. The highest BCUT2D eigenvalue weighted by atomic mass is 16.4. The van der Waals surface area contributed by atoms with Crippen LogP contribution in [0.1, 0.15) is 12.0 Å². The number of pyridine rings is 1. The van der Waals surface area contributed by atoms with Gasteiger partial charge < -0.3 is 9.67 Å². The number of imidazole rings is 1. The summed E-state index contributed by atoms with van der Waals surface area (Å²) in [6, 6.07) is 1.82. The highest BCUT2D eigenvalue weighted by molar-refractivity contribution is 5.75. The number of nitrogens with zero attached hydrogens (tertiary/aromatic N) is 3. The van der Waals surface area contributed by atoms with Gasteiger partial charge in [-0.2, -0.15) is 0 Å². The van der Waals surface area contributed by atoms with Crippen LogP contribution < -0.4 is 0 Å². The summed E-state index contributed by atoms with van der Waals surface area (Å²) in [6.07, 6.45) is 3.98. The number of hydrogen-bond acceptors (Lipinski definition) is 3. The summed E-state index contributed by atoms with van der Waals surface area (Å²) in [7, 11) is 1.86. The van der Waals surface area contributed by atoms with Crippen LogP contribution in [0.25, 0.3) is 11.2 Å². The highest BCUT2D eigenvalue weighted by Crippen LogP contribution is 2.15. The molecule has 2 aromatic rings. The van der Waals surface area contributed by atoms with Crippen molar-refractivity contribution in [1.29, 1.82) is 0 Å². The largest absolute Gasteiger partial charge is 0.481 e. The van der Waals surface area contributed by atoms with Gasteiger partial charge in [0.05, 0.1) is 6.33 Å². The first-order valence-corrected chi connectivity index (χ1v) is 4.65. The van der Waals surface area contributed by atoms with Gasteiger partial charge >= 0.3 is 5.97 Å². The first-order chi connectivity index (χ1) is 7.18. The summed E-state index contributed by atoms with van der Waals surface area (Å²) >= 11 is 0. The molecule has 0 saturated heterocycles. The van der Waals surface area contributed by atoms with Gasteiger partial charge in [0.25, 0.3) is 0 Å². The van der Waals surface area contributed by atoms with E-state index in [0.717, 1.165) is 16.7 Å². The van der Waals surface area contributed by atoms with Crippen molar-refractivity contribution in [2.45, 2.75) is 12.8 Å². The number of aryl methyl sites for hydroxylation is 2. The maximum atomic E-state index is 10.5. The molecule has 0 aliphatic carbocycles. The van der Waals surface area contributed by atoms with Gasteiger partial charge in [0.15, 0.2) is 5.65 Å². The van der Waals surface area contributed by atoms with E-state index in [1.165, 1.54) is 0 Å². The molecule has 0 unspecified atom stereocenters. The minimum absolute atomic E-state index is 0.121. The Bertz CT molecular complexity index is 504. The minimum Gasteiger partial charge on any atom is -0.481 e. The van der Waals surface area contributed by atoms with Crippen LogP contribution in [0, 0.1) is 0 Å². The summed E-state index contributed by atoms with van der Waals surface area (Å²) in [5.41, 5.74) is 2.52. The molecule has 0 spiro atoms. The molecular formula is C10H11N3O2. The average molecular weight is 205 g/mol. The standard InChI is InChI=1S/C10H11N3O2/c1-13-6-12-9-7(2-3-8(14)15)4-5-11-10(9)13/h4-6H,2-3H2,1H3,(H,14,15). The fraction of sp³-hybridized carbons (Fsp3) is 0.300. The van der Waals surface area contributed by atoms with E-state index < -0.39 is 5.97 Å². The van der Waals surface area contributed by atoms with E-state index in [-0.39, 0.29) is 6.42 Å². The lowest BCUT2D eigenvalue weighted by Crippen LogP contribution is -1.98. The zero-order valence-electron chi connectivity index (χ0n) is 8.34. The molecule has 0 amide bonds. The molecular weight excluding hydrogens is 194 g/mol. The predicted molar refractivity (Wildman–Crippen MR) is 54.5 cm³/mol. The van der Waals surface area contributed by atoms with Gasteiger partial charge in [0, 0.05) is 19.7 Å². The molecule has 0 bridgehead atoms. The van der Waals surface area contributed by atoms with Crippen LogP contribution in [-0.4, -0.2) is 25.6 Å². The highest BCUT2D eigenvalue weighted by Gasteiger charge is 2.07. The fourth-order valence-electron chi connectivity index (χ4n) is 1.52. The van der Waals surface area contributed by atoms with E-state index in [9.17, 15) is 4.79 Å². The summed E-state index contributed by atoms with van der Waals surface area (Å²) in [6.45, 7) is 0. The van der Waals surface area contributed by atoms with Gasteiger partial charge in [0.1, 0.15) is 5.52 Å². The molecule has 2 rings (SSSR count). The van der Waals surface area contributed by atoms with Gasteiger partial charge in [-0.1, -0.05) is 0 Å². The number of hydrogen-bond donors (Lipinski definition) is 1. The minimum atomic E-state index is -0.795. The normalized spacial score (nSPS) is 10.7. The van der Waals surface area contributed by atoms with Crippen LogP contribution in [0.4, 0.5) is 0 Å². The molecule has 0 fully saturated rings. The first kappa shape index (κ1) is 9.64. The molecule has 0 aromatic carbocycles. The van der Waals surface area contributed by atoms with Crippen LogP contribution in [0.3, 0.4) is 0 Å². The predicted octanol–water partition coefficient (Wildman–Crippen LogP) is 0.985. The molecule has 2 heterocycles. The average Bonchev–Trinajstić information content (AvgIpc) is 2.58. The lowest BCUT2D eigenvalue weighted by molar-refractivity contribution is -0.136. The van der Waals surface area contributed by atoms with Crippen molar-refractivity contribution in [2.24, 2.45) is 7.05 Å². The van der Waals surface area contributed by atoms with Gasteiger partial charge in [-0.3, -0.25) is 4.79 Å². The first-order valence-electron chi connectivity index (χ1n) is 4.65. The van der Waals surface area contributed by atoms with Crippen LogP contribution in [0.2, 0.25) is 0 Å². The molecule has 0 aliphatic heterocycles. The molecule has 15 heavy (non-hydrogen) atoms. The summed E-state index contributed by atoms with van der Waals surface area (Å²) < 4.78 is 1.82. The van der Waals surface area contributed by atoms with Crippen molar-refractivity contribution in [3.05, 3.63) is 24.2 Å². The Hall–Kier alpha value is -1.91. The number of rotatable bonds is 3. The molecule has 0 aliphatic rings. The van der Waals surface area contributed by atoms with Crippen molar-refractivity contribution in [3.8, 4) is 0 Å². The van der Waals surface area contributed by atoms with Crippen molar-refractivity contribution in [3.63, 3.8) is 0 Å². The van der Waals surface area contributed by atoms with E-state index in [0.29, 0.717) is 6.42 Å². The van der Waals surface area contributed by atoms with Gasteiger partial charge in [-0.05, 0) is 18.1 Å². The Labute approximate surface area is 86.4 Å². The smallest absolute Gasteiger partial charge is 0.303 e. The number of carbonyl (C=O) groups is 1. The van der Waals surface area contributed by atoms with Gasteiger partial charge in [-0.25, -0.2) is 9.97 Å². The maximum Gasteiger partial charge on any atom is 0.303 e. The number of fused-ring (bicyclic) bond motifs is 1. The molecule has 78 valence electrons. The van der Waals surface area contributed by atoms with E-state index in [1.807, 2.05) is 17.7 Å². The van der Waals surface area contributed by atoms with Gasteiger partial charge in [0.2, 0.25) is 0 Å². The van der Waals surface area contributed by atoms with Crippen LogP contribution in [0.5, 0.6) is 0 Å². The Morgan fingerprint density at radius 2 is 2.33 bits per heavy atom. The third-order valence-corrected chi connectivity index (χ3v) is 2.29. The molecule has 0 saturated carbocycles. The maximum absolute atomic E-state index is 10.5. The second-order valence-corrected chi connectivity index (χ2v) is 3.39. The Balaban J connectivity index is 2.38. The van der Waals surface area contributed by atoms with Crippen LogP contribution in [0.15, 0.2) is 18.6 Å². The Morgan fingerprint density at radius 1 is 1.53 bits per heavy atom. The Kier molecular flexibility index (Phi) is 2.37. The van der Waals surface area contributed by atoms with E-state index in [1.54, 1.807) is 12.5 Å². The quantitative estimate of drug-likeness (QED) is 0.811. The van der Waals surface area contributed by atoms with Crippen LogP contribution in [-0.2, 0) is 18.3 Å². The third kappa shape index (κ3) is 1.81. The third-order valence-electron chi connectivity index (χ3n) is 2.29. The van der Waals surface area contributed by atoms with Crippen molar-refractivity contribution in [2.75, 3.05) is 0 Å². The Morgan fingerprint density at radius 3 is 3.07 bits per heavy atom.